The Balaban J connectivity index is 1.65. The van der Waals surface area contributed by atoms with E-state index in [1.165, 1.54) is 25.8 Å². The molecule has 4 nitrogen and oxygen atoms in total. The third-order valence-corrected chi connectivity index (χ3v) is 7.47. The highest BCUT2D eigenvalue weighted by atomic mass is 16.5. The number of ether oxygens (including phenoxy) is 1. The van der Waals surface area contributed by atoms with E-state index in [0.717, 1.165) is 32.4 Å². The Morgan fingerprint density at radius 3 is 2.40 bits per heavy atom. The quantitative estimate of drug-likeness (QED) is 0.745. The second-order valence-electron chi connectivity index (χ2n) is 9.59. The summed E-state index contributed by atoms with van der Waals surface area (Å²) in [7, 11) is 0. The molecule has 2 heterocycles. The van der Waals surface area contributed by atoms with Crippen LogP contribution in [0.4, 0.5) is 0 Å². The van der Waals surface area contributed by atoms with Gasteiger partial charge in [0, 0.05) is 5.92 Å². The molecule has 25 heavy (non-hydrogen) atoms. The van der Waals surface area contributed by atoms with E-state index in [0.29, 0.717) is 18.3 Å². The maximum atomic E-state index is 11.0. The summed E-state index contributed by atoms with van der Waals surface area (Å²) in [5, 5.41) is 21.5. The molecule has 1 saturated carbocycles. The SMILES string of the molecule is CCCCCN1CCC([C@@H]2OC(C)(C)C3CC2[C@](C)(O)[C@@H](O)C3)CC1. The predicted molar refractivity (Wildman–Crippen MR) is 100 cm³/mol. The van der Waals surface area contributed by atoms with E-state index in [1.54, 1.807) is 0 Å². The molecule has 2 aliphatic heterocycles. The second-order valence-corrected chi connectivity index (χ2v) is 9.59. The Morgan fingerprint density at radius 2 is 1.76 bits per heavy atom. The van der Waals surface area contributed by atoms with Crippen molar-refractivity contribution in [2.75, 3.05) is 19.6 Å². The fourth-order valence-corrected chi connectivity index (χ4v) is 5.48. The van der Waals surface area contributed by atoms with Gasteiger partial charge in [-0.15, -0.1) is 0 Å². The Hall–Kier alpha value is -0.160. The molecule has 1 aliphatic carbocycles. The van der Waals surface area contributed by atoms with Gasteiger partial charge in [-0.3, -0.25) is 0 Å². The maximum absolute atomic E-state index is 11.0. The molecule has 0 spiro atoms. The van der Waals surface area contributed by atoms with Gasteiger partial charge in [-0.1, -0.05) is 19.8 Å². The molecule has 146 valence electrons. The Bertz CT molecular complexity index is 442. The number of fused-ring (bicyclic) bond motifs is 2. The minimum Gasteiger partial charge on any atom is -0.390 e. The summed E-state index contributed by atoms with van der Waals surface area (Å²) in [4.78, 5) is 2.59. The van der Waals surface area contributed by atoms with E-state index >= 15 is 0 Å². The highest BCUT2D eigenvalue weighted by Crippen LogP contribution is 2.52. The monoisotopic (exact) mass is 353 g/mol. The molecule has 4 heteroatoms. The van der Waals surface area contributed by atoms with E-state index in [-0.39, 0.29) is 17.6 Å². The number of aliphatic hydroxyl groups is 2. The molecule has 0 radical (unpaired) electrons. The van der Waals surface area contributed by atoms with Gasteiger partial charge in [-0.2, -0.15) is 0 Å². The molecule has 3 rings (SSSR count). The first-order valence-corrected chi connectivity index (χ1v) is 10.6. The van der Waals surface area contributed by atoms with Crippen molar-refractivity contribution in [3.05, 3.63) is 0 Å². The van der Waals surface area contributed by atoms with Gasteiger partial charge in [0.2, 0.25) is 0 Å². The molecule has 2 bridgehead atoms. The van der Waals surface area contributed by atoms with E-state index in [4.69, 9.17) is 4.74 Å². The number of hydrogen-bond acceptors (Lipinski definition) is 4. The summed E-state index contributed by atoms with van der Waals surface area (Å²) in [6, 6.07) is 0. The molecule has 0 aromatic carbocycles. The van der Waals surface area contributed by atoms with Gasteiger partial charge in [0.25, 0.3) is 0 Å². The topological polar surface area (TPSA) is 52.9 Å². The largest absolute Gasteiger partial charge is 0.390 e. The molecule has 3 fully saturated rings. The number of piperidine rings is 1. The van der Waals surface area contributed by atoms with Crippen molar-refractivity contribution in [1.29, 1.82) is 0 Å². The normalized spacial score (nSPS) is 42.5. The number of rotatable bonds is 5. The fourth-order valence-electron chi connectivity index (χ4n) is 5.48. The summed E-state index contributed by atoms with van der Waals surface area (Å²) >= 11 is 0. The van der Waals surface area contributed by atoms with E-state index in [1.807, 2.05) is 6.92 Å². The lowest BCUT2D eigenvalue weighted by Gasteiger charge is -2.58. The average molecular weight is 354 g/mol. The van der Waals surface area contributed by atoms with Gasteiger partial charge in [-0.25, -0.2) is 0 Å². The van der Waals surface area contributed by atoms with Gasteiger partial charge in [0.05, 0.1) is 23.4 Å². The van der Waals surface area contributed by atoms with Crippen molar-refractivity contribution in [2.45, 2.75) is 96.1 Å². The third-order valence-electron chi connectivity index (χ3n) is 7.47. The molecule has 5 atom stereocenters. The summed E-state index contributed by atoms with van der Waals surface area (Å²) in [5.74, 6) is 0.911. The van der Waals surface area contributed by atoms with E-state index in [2.05, 4.69) is 25.7 Å². The summed E-state index contributed by atoms with van der Waals surface area (Å²) in [6.45, 7) is 11.9. The van der Waals surface area contributed by atoms with Crippen LogP contribution in [0.5, 0.6) is 0 Å². The minimum atomic E-state index is -1.02. The van der Waals surface area contributed by atoms with Crippen molar-refractivity contribution in [3.8, 4) is 0 Å². The summed E-state index contributed by atoms with van der Waals surface area (Å²) in [6.07, 6.45) is 7.30. The smallest absolute Gasteiger partial charge is 0.0930 e. The lowest BCUT2D eigenvalue weighted by molar-refractivity contribution is -0.271. The number of unbranched alkanes of at least 4 members (excludes halogenated alkanes) is 2. The molecule has 0 amide bonds. The van der Waals surface area contributed by atoms with Crippen LogP contribution in [0.1, 0.15) is 72.6 Å². The Morgan fingerprint density at radius 1 is 1.08 bits per heavy atom. The van der Waals surface area contributed by atoms with Gasteiger partial charge in [0.1, 0.15) is 0 Å². The van der Waals surface area contributed by atoms with E-state index in [9.17, 15) is 10.2 Å². The third kappa shape index (κ3) is 3.92. The highest BCUT2D eigenvalue weighted by molar-refractivity contribution is 5.07. The van der Waals surface area contributed by atoms with Crippen molar-refractivity contribution >= 4 is 0 Å². The van der Waals surface area contributed by atoms with Crippen molar-refractivity contribution in [3.63, 3.8) is 0 Å². The molecule has 3 aliphatic rings. The van der Waals surface area contributed by atoms with Crippen LogP contribution in [0.3, 0.4) is 0 Å². The molecule has 2 saturated heterocycles. The summed E-state index contributed by atoms with van der Waals surface area (Å²) in [5.41, 5.74) is -1.22. The van der Waals surface area contributed by atoms with Crippen LogP contribution in [0.25, 0.3) is 0 Å². The summed E-state index contributed by atoms with van der Waals surface area (Å²) < 4.78 is 6.61. The standard InChI is InChI=1S/C21H39NO3/c1-5-6-7-10-22-11-8-15(9-12-22)19-17-13-16(20(2,3)25-19)14-18(23)21(17,4)24/h15-19,23-24H,5-14H2,1-4H3/t16?,17?,18-,19-,21-/m0/s1. The van der Waals surface area contributed by atoms with Crippen molar-refractivity contribution in [2.24, 2.45) is 17.8 Å². The lowest BCUT2D eigenvalue weighted by atomic mass is 9.60. The van der Waals surface area contributed by atoms with Gasteiger partial charge in [0.15, 0.2) is 0 Å². The van der Waals surface area contributed by atoms with Crippen LogP contribution in [-0.4, -0.2) is 58.2 Å². The van der Waals surface area contributed by atoms with E-state index < -0.39 is 11.7 Å². The Labute approximate surface area is 153 Å². The lowest BCUT2D eigenvalue weighted by Crippen LogP contribution is -2.65. The molecule has 0 aromatic rings. The van der Waals surface area contributed by atoms with Crippen molar-refractivity contribution in [1.82, 2.24) is 4.90 Å². The molecule has 0 aromatic heterocycles. The fraction of sp³-hybridized carbons (Fsp3) is 1.00. The van der Waals surface area contributed by atoms with Crippen LogP contribution in [-0.2, 0) is 4.74 Å². The Kier molecular flexibility index (Phi) is 5.85. The molecular weight excluding hydrogens is 314 g/mol. The molecule has 2 unspecified atom stereocenters. The first-order chi connectivity index (χ1) is 11.8. The predicted octanol–water partition coefficient (Wildman–Crippen LogP) is 3.20. The zero-order valence-electron chi connectivity index (χ0n) is 16.7. The van der Waals surface area contributed by atoms with Gasteiger partial charge >= 0.3 is 0 Å². The first-order valence-electron chi connectivity index (χ1n) is 10.6. The zero-order chi connectivity index (χ0) is 18.2. The van der Waals surface area contributed by atoms with Gasteiger partial charge < -0.3 is 19.8 Å². The average Bonchev–Trinajstić information content (AvgIpc) is 2.56. The minimum absolute atomic E-state index is 0.0610. The maximum Gasteiger partial charge on any atom is 0.0930 e. The van der Waals surface area contributed by atoms with Crippen LogP contribution in [0.2, 0.25) is 0 Å². The molecular formula is C21H39NO3. The number of likely N-dealkylation sites (tertiary alicyclic amines) is 1. The highest BCUT2D eigenvalue weighted by Gasteiger charge is 2.57. The van der Waals surface area contributed by atoms with Crippen LogP contribution in [0.15, 0.2) is 0 Å². The van der Waals surface area contributed by atoms with Crippen LogP contribution in [0, 0.1) is 17.8 Å². The molecule has 2 N–H and O–H groups in total. The van der Waals surface area contributed by atoms with Crippen LogP contribution < -0.4 is 0 Å². The number of nitrogens with zero attached hydrogens (tertiary/aromatic N) is 1. The second kappa shape index (κ2) is 7.46. The number of hydrogen-bond donors (Lipinski definition) is 2. The number of aliphatic hydroxyl groups excluding tert-OH is 1. The van der Waals surface area contributed by atoms with Crippen molar-refractivity contribution < 1.29 is 14.9 Å². The zero-order valence-corrected chi connectivity index (χ0v) is 16.7. The first kappa shape index (κ1) is 19.6. The van der Waals surface area contributed by atoms with Crippen LogP contribution >= 0.6 is 0 Å². The van der Waals surface area contributed by atoms with Gasteiger partial charge in [-0.05, 0) is 84.3 Å².